The zero-order valence-corrected chi connectivity index (χ0v) is 12.8. The third-order valence-electron chi connectivity index (χ3n) is 3.54. The molecule has 1 saturated heterocycles. The molecule has 5 heteroatoms. The molecule has 2 rings (SSSR count). The van der Waals surface area contributed by atoms with Crippen molar-refractivity contribution >= 4 is 27.3 Å². The van der Waals surface area contributed by atoms with Gasteiger partial charge in [0.05, 0.1) is 6.04 Å². The van der Waals surface area contributed by atoms with E-state index in [1.54, 1.807) is 11.3 Å². The Balaban J connectivity index is 2.08. The van der Waals surface area contributed by atoms with Crippen molar-refractivity contribution in [2.24, 2.45) is 5.73 Å². The van der Waals surface area contributed by atoms with Crippen LogP contribution in [0.4, 0.5) is 0 Å². The van der Waals surface area contributed by atoms with Crippen molar-refractivity contribution in [1.82, 2.24) is 9.80 Å². The van der Waals surface area contributed by atoms with Gasteiger partial charge >= 0.3 is 0 Å². The predicted molar refractivity (Wildman–Crippen MR) is 77.5 cm³/mol. The molecule has 3 nitrogen and oxygen atoms in total. The average molecular weight is 318 g/mol. The number of thiophene rings is 1. The molecule has 0 spiro atoms. The van der Waals surface area contributed by atoms with Crippen LogP contribution in [0.1, 0.15) is 17.3 Å². The Morgan fingerprint density at radius 1 is 1.65 bits per heavy atom. The Bertz CT molecular complexity index is 366. The zero-order valence-electron chi connectivity index (χ0n) is 10.4. The van der Waals surface area contributed by atoms with Crippen LogP contribution in [0, 0.1) is 0 Å². The topological polar surface area (TPSA) is 32.5 Å². The number of nitrogens with zero attached hydrogens (tertiary/aromatic N) is 2. The number of rotatable bonds is 4. The molecule has 1 aliphatic rings. The smallest absolute Gasteiger partial charge is 0.0576 e. The van der Waals surface area contributed by atoms with Crippen LogP contribution in [-0.4, -0.2) is 49.6 Å². The summed E-state index contributed by atoms with van der Waals surface area (Å²) < 4.78 is 1.20. The number of nitrogens with two attached hydrogens (primary N) is 1. The van der Waals surface area contributed by atoms with E-state index in [0.29, 0.717) is 18.6 Å². The minimum Gasteiger partial charge on any atom is -0.329 e. The minimum absolute atomic E-state index is 0.370. The highest BCUT2D eigenvalue weighted by molar-refractivity contribution is 9.10. The van der Waals surface area contributed by atoms with Crippen molar-refractivity contribution in [2.45, 2.75) is 18.5 Å². The molecule has 1 aromatic rings. The molecule has 0 radical (unpaired) electrons. The van der Waals surface area contributed by atoms with Gasteiger partial charge in [-0.25, -0.2) is 0 Å². The number of likely N-dealkylation sites (tertiary alicyclic amines) is 1. The number of halogens is 1. The van der Waals surface area contributed by atoms with Gasteiger partial charge in [-0.2, -0.15) is 0 Å². The number of likely N-dealkylation sites (N-methyl/N-ethyl adjacent to an activating group) is 1. The van der Waals surface area contributed by atoms with Crippen molar-refractivity contribution in [3.8, 4) is 0 Å². The maximum atomic E-state index is 5.96. The first-order valence-electron chi connectivity index (χ1n) is 5.97. The fourth-order valence-electron chi connectivity index (χ4n) is 2.44. The second-order valence-corrected chi connectivity index (χ2v) is 6.59. The highest BCUT2D eigenvalue weighted by Crippen LogP contribution is 2.34. The zero-order chi connectivity index (χ0) is 12.4. The van der Waals surface area contributed by atoms with Gasteiger partial charge in [-0.3, -0.25) is 4.90 Å². The average Bonchev–Trinajstić information content (AvgIpc) is 2.90. The Morgan fingerprint density at radius 3 is 2.88 bits per heavy atom. The van der Waals surface area contributed by atoms with Crippen LogP contribution in [0.15, 0.2) is 15.9 Å². The molecule has 96 valence electrons. The molecule has 2 unspecified atom stereocenters. The SMILES string of the molecule is CN(C)C1CCN(C(CN)c2sccc2Br)C1. The van der Waals surface area contributed by atoms with Crippen LogP contribution in [-0.2, 0) is 0 Å². The molecule has 1 aliphatic heterocycles. The second kappa shape index (κ2) is 5.80. The Kier molecular flexibility index (Phi) is 4.60. The molecular formula is C12H20BrN3S. The van der Waals surface area contributed by atoms with Crippen molar-refractivity contribution in [2.75, 3.05) is 33.7 Å². The van der Waals surface area contributed by atoms with Crippen LogP contribution in [0.5, 0.6) is 0 Å². The fourth-order valence-corrected chi connectivity index (χ4v) is 4.22. The van der Waals surface area contributed by atoms with E-state index in [1.807, 2.05) is 0 Å². The molecule has 17 heavy (non-hydrogen) atoms. The first-order chi connectivity index (χ1) is 8.13. The third kappa shape index (κ3) is 2.90. The first kappa shape index (κ1) is 13.5. The largest absolute Gasteiger partial charge is 0.329 e. The highest BCUT2D eigenvalue weighted by Gasteiger charge is 2.30. The van der Waals surface area contributed by atoms with Crippen LogP contribution >= 0.6 is 27.3 Å². The van der Waals surface area contributed by atoms with Crippen LogP contribution in [0.3, 0.4) is 0 Å². The monoisotopic (exact) mass is 317 g/mol. The lowest BCUT2D eigenvalue weighted by Crippen LogP contribution is -2.35. The van der Waals surface area contributed by atoms with E-state index in [1.165, 1.54) is 15.8 Å². The quantitative estimate of drug-likeness (QED) is 0.923. The maximum Gasteiger partial charge on any atom is 0.0576 e. The molecular weight excluding hydrogens is 298 g/mol. The standard InChI is InChI=1S/C12H20BrN3S/c1-15(2)9-3-5-16(8-9)11(7-14)12-10(13)4-6-17-12/h4,6,9,11H,3,5,7-8,14H2,1-2H3. The van der Waals surface area contributed by atoms with Crippen molar-refractivity contribution < 1.29 is 0 Å². The molecule has 2 heterocycles. The van der Waals surface area contributed by atoms with E-state index in [-0.39, 0.29) is 0 Å². The number of hydrogen-bond acceptors (Lipinski definition) is 4. The summed E-state index contributed by atoms with van der Waals surface area (Å²) in [6.45, 7) is 2.97. The Morgan fingerprint density at radius 2 is 2.41 bits per heavy atom. The maximum absolute atomic E-state index is 5.96. The molecule has 0 saturated carbocycles. The molecule has 2 atom stereocenters. The van der Waals surface area contributed by atoms with Gasteiger partial charge in [0.2, 0.25) is 0 Å². The van der Waals surface area contributed by atoms with Gasteiger partial charge in [-0.15, -0.1) is 11.3 Å². The predicted octanol–water partition coefficient (Wildman–Crippen LogP) is 2.15. The lowest BCUT2D eigenvalue weighted by molar-refractivity contribution is 0.222. The van der Waals surface area contributed by atoms with Crippen molar-refractivity contribution in [3.63, 3.8) is 0 Å². The minimum atomic E-state index is 0.370. The second-order valence-electron chi connectivity index (χ2n) is 4.79. The van der Waals surface area contributed by atoms with E-state index in [9.17, 15) is 0 Å². The lowest BCUT2D eigenvalue weighted by Gasteiger charge is -2.27. The Hall–Kier alpha value is 0.0600. The van der Waals surface area contributed by atoms with E-state index in [2.05, 4.69) is 51.3 Å². The summed E-state index contributed by atoms with van der Waals surface area (Å²) >= 11 is 5.41. The Labute approximate surface area is 116 Å². The molecule has 1 fully saturated rings. The van der Waals surface area contributed by atoms with Crippen LogP contribution in [0.25, 0.3) is 0 Å². The summed E-state index contributed by atoms with van der Waals surface area (Å²) in [6.07, 6.45) is 1.24. The van der Waals surface area contributed by atoms with Crippen LogP contribution in [0.2, 0.25) is 0 Å². The van der Waals surface area contributed by atoms with E-state index >= 15 is 0 Å². The first-order valence-corrected chi connectivity index (χ1v) is 7.64. The third-order valence-corrected chi connectivity index (χ3v) is 5.51. The van der Waals surface area contributed by atoms with E-state index in [0.717, 1.165) is 13.1 Å². The highest BCUT2D eigenvalue weighted by atomic mass is 79.9. The summed E-state index contributed by atoms with van der Waals surface area (Å²) in [5.74, 6) is 0. The fraction of sp³-hybridized carbons (Fsp3) is 0.667. The molecule has 0 bridgehead atoms. The summed E-state index contributed by atoms with van der Waals surface area (Å²) in [5, 5.41) is 2.13. The molecule has 1 aromatic heterocycles. The van der Waals surface area contributed by atoms with Gasteiger partial charge in [0, 0.05) is 35.0 Å². The van der Waals surface area contributed by atoms with Gasteiger partial charge in [-0.05, 0) is 47.9 Å². The molecule has 0 aromatic carbocycles. The van der Waals surface area contributed by atoms with Gasteiger partial charge in [0.1, 0.15) is 0 Å². The molecule has 0 aliphatic carbocycles. The van der Waals surface area contributed by atoms with Gasteiger partial charge in [-0.1, -0.05) is 0 Å². The van der Waals surface area contributed by atoms with Gasteiger partial charge < -0.3 is 10.6 Å². The van der Waals surface area contributed by atoms with E-state index < -0.39 is 0 Å². The summed E-state index contributed by atoms with van der Waals surface area (Å²) in [7, 11) is 4.32. The van der Waals surface area contributed by atoms with E-state index in [4.69, 9.17) is 5.73 Å². The summed E-state index contributed by atoms with van der Waals surface area (Å²) in [5.41, 5.74) is 5.96. The van der Waals surface area contributed by atoms with Crippen molar-refractivity contribution in [3.05, 3.63) is 20.8 Å². The van der Waals surface area contributed by atoms with Gasteiger partial charge in [0.25, 0.3) is 0 Å². The summed E-state index contributed by atoms with van der Waals surface area (Å²) in [6, 6.07) is 3.15. The normalized spacial score (nSPS) is 23.5. The van der Waals surface area contributed by atoms with Crippen LogP contribution < -0.4 is 5.73 Å². The molecule has 0 amide bonds. The number of hydrogen-bond donors (Lipinski definition) is 1. The van der Waals surface area contributed by atoms with Crippen molar-refractivity contribution in [1.29, 1.82) is 0 Å². The summed E-state index contributed by atoms with van der Waals surface area (Å²) in [4.78, 5) is 6.20. The lowest BCUT2D eigenvalue weighted by atomic mass is 10.2. The van der Waals surface area contributed by atoms with Gasteiger partial charge in [0.15, 0.2) is 0 Å². The molecule has 2 N–H and O–H groups in total.